The number of allylic oxidation sites excluding steroid dienone is 1. The summed E-state index contributed by atoms with van der Waals surface area (Å²) in [4.78, 5) is 43.7. The number of aliphatic imine (C=N–C) groups is 1. The van der Waals surface area contributed by atoms with Gasteiger partial charge in [-0.3, -0.25) is 19.1 Å². The van der Waals surface area contributed by atoms with Gasteiger partial charge in [0, 0.05) is 41.1 Å². The van der Waals surface area contributed by atoms with Crippen molar-refractivity contribution in [3.05, 3.63) is 40.0 Å². The number of nitrogens with zero attached hydrogens (tertiary/aromatic N) is 4. The highest BCUT2D eigenvalue weighted by atomic mass is 79.9. The lowest BCUT2D eigenvalue weighted by atomic mass is 9.95. The molecule has 1 atom stereocenters. The van der Waals surface area contributed by atoms with Crippen molar-refractivity contribution in [3.63, 3.8) is 0 Å². The number of piperidine rings is 1. The van der Waals surface area contributed by atoms with E-state index in [0.717, 1.165) is 33.8 Å². The molecule has 1 aromatic carbocycles. The van der Waals surface area contributed by atoms with E-state index in [1.165, 1.54) is 0 Å². The van der Waals surface area contributed by atoms with E-state index in [1.807, 2.05) is 42.5 Å². The van der Waals surface area contributed by atoms with Crippen LogP contribution < -0.4 is 5.32 Å². The van der Waals surface area contributed by atoms with E-state index in [4.69, 9.17) is 0 Å². The average molecular weight is 528 g/mol. The number of dihydropyridines is 1. The molecule has 1 saturated heterocycles. The van der Waals surface area contributed by atoms with Crippen LogP contribution in [-0.4, -0.2) is 57.7 Å². The fourth-order valence-corrected chi connectivity index (χ4v) is 5.18. The number of fused-ring (bicyclic) bond motifs is 1. The van der Waals surface area contributed by atoms with Crippen LogP contribution in [0.15, 0.2) is 39.4 Å². The van der Waals surface area contributed by atoms with E-state index >= 15 is 0 Å². The fourth-order valence-electron chi connectivity index (χ4n) is 4.73. The van der Waals surface area contributed by atoms with Crippen molar-refractivity contribution in [2.24, 2.45) is 16.8 Å². The summed E-state index contributed by atoms with van der Waals surface area (Å²) >= 11 is 3.54. The van der Waals surface area contributed by atoms with Gasteiger partial charge < -0.3 is 10.2 Å². The van der Waals surface area contributed by atoms with Gasteiger partial charge in [0.2, 0.25) is 5.91 Å². The Hall–Kier alpha value is -2.81. The molecule has 9 heteroatoms. The first-order chi connectivity index (χ1) is 16.2. The SMILES string of the molecule is CC1=CC(C)=NC(=O)C1CNC(=O)c1cc(Br)cc2c1cnn2C1CCN(C(=O)C(C)C)CC1. The quantitative estimate of drug-likeness (QED) is 0.637. The number of carbonyl (C=O) groups is 3. The zero-order valence-electron chi connectivity index (χ0n) is 20.0. The molecule has 4 rings (SSSR count). The topological polar surface area (TPSA) is 96.7 Å². The molecule has 0 radical (unpaired) electrons. The number of aromatic nitrogens is 2. The number of halogens is 1. The molecule has 3 heterocycles. The first-order valence-electron chi connectivity index (χ1n) is 11.7. The lowest BCUT2D eigenvalue weighted by molar-refractivity contribution is -0.135. The maximum atomic E-state index is 13.1. The molecule has 1 aromatic heterocycles. The molecule has 2 aliphatic rings. The largest absolute Gasteiger partial charge is 0.351 e. The average Bonchev–Trinajstić information content (AvgIpc) is 3.20. The zero-order chi connectivity index (χ0) is 24.6. The van der Waals surface area contributed by atoms with E-state index in [1.54, 1.807) is 19.2 Å². The lowest BCUT2D eigenvalue weighted by Gasteiger charge is -2.33. The van der Waals surface area contributed by atoms with Crippen molar-refractivity contribution in [1.82, 2.24) is 20.0 Å². The number of likely N-dealkylation sites (tertiary alicyclic amines) is 1. The Morgan fingerprint density at radius 2 is 1.91 bits per heavy atom. The molecule has 1 unspecified atom stereocenters. The highest BCUT2D eigenvalue weighted by Crippen LogP contribution is 2.31. The van der Waals surface area contributed by atoms with Crippen LogP contribution >= 0.6 is 15.9 Å². The molecule has 34 heavy (non-hydrogen) atoms. The van der Waals surface area contributed by atoms with E-state index in [9.17, 15) is 14.4 Å². The first-order valence-corrected chi connectivity index (χ1v) is 12.5. The van der Waals surface area contributed by atoms with Crippen LogP contribution in [0.5, 0.6) is 0 Å². The summed E-state index contributed by atoms with van der Waals surface area (Å²) in [7, 11) is 0. The predicted octanol–water partition coefficient (Wildman–Crippen LogP) is 3.91. The van der Waals surface area contributed by atoms with E-state index in [-0.39, 0.29) is 36.2 Å². The van der Waals surface area contributed by atoms with Crippen LogP contribution in [0.4, 0.5) is 0 Å². The highest BCUT2D eigenvalue weighted by molar-refractivity contribution is 9.10. The Kier molecular flexibility index (Phi) is 7.02. The highest BCUT2D eigenvalue weighted by Gasteiger charge is 2.28. The standard InChI is InChI=1S/C25H30BrN5O3/c1-14(2)25(34)30-7-5-18(6-8-30)31-22-11-17(26)10-19(21(22)13-28-31)23(32)27-12-20-15(3)9-16(4)29-24(20)33/h9-11,13-14,18,20H,5-8,12H2,1-4H3,(H,27,32). The number of carbonyl (C=O) groups excluding carboxylic acids is 3. The molecule has 3 amide bonds. The molecule has 0 aliphatic carbocycles. The normalized spacial score (nSPS) is 19.4. The van der Waals surface area contributed by atoms with E-state index in [2.05, 4.69) is 31.3 Å². The minimum Gasteiger partial charge on any atom is -0.351 e. The Morgan fingerprint density at radius 3 is 2.56 bits per heavy atom. The molecule has 180 valence electrons. The summed E-state index contributed by atoms with van der Waals surface area (Å²) in [5.41, 5.74) is 2.96. The number of hydrogen-bond donors (Lipinski definition) is 1. The summed E-state index contributed by atoms with van der Waals surface area (Å²) in [6.45, 7) is 9.13. The second-order valence-corrected chi connectivity index (χ2v) is 10.3. The summed E-state index contributed by atoms with van der Waals surface area (Å²) in [5.74, 6) is -0.745. The second-order valence-electron chi connectivity index (χ2n) is 9.43. The summed E-state index contributed by atoms with van der Waals surface area (Å²) in [5, 5.41) is 8.29. The number of amides is 3. The predicted molar refractivity (Wildman–Crippen MR) is 135 cm³/mol. The van der Waals surface area contributed by atoms with Gasteiger partial charge in [-0.25, -0.2) is 4.99 Å². The number of nitrogens with one attached hydrogen (secondary N) is 1. The Labute approximate surface area is 207 Å². The van der Waals surface area contributed by atoms with Gasteiger partial charge >= 0.3 is 0 Å². The molecule has 2 aliphatic heterocycles. The van der Waals surface area contributed by atoms with Gasteiger partial charge in [-0.05, 0) is 44.9 Å². The summed E-state index contributed by atoms with van der Waals surface area (Å²) in [6, 6.07) is 3.91. The molecule has 1 N–H and O–H groups in total. The molecule has 0 bridgehead atoms. The van der Waals surface area contributed by atoms with Gasteiger partial charge in [-0.2, -0.15) is 5.10 Å². The van der Waals surface area contributed by atoms with Crippen molar-refractivity contribution in [3.8, 4) is 0 Å². The molecule has 0 saturated carbocycles. The van der Waals surface area contributed by atoms with Crippen molar-refractivity contribution in [2.45, 2.75) is 46.6 Å². The minimum absolute atomic E-state index is 0.00174. The van der Waals surface area contributed by atoms with Crippen molar-refractivity contribution < 1.29 is 14.4 Å². The van der Waals surface area contributed by atoms with Crippen molar-refractivity contribution >= 4 is 50.3 Å². The molecular weight excluding hydrogens is 498 g/mol. The second kappa shape index (κ2) is 9.82. The van der Waals surface area contributed by atoms with Gasteiger partial charge in [-0.15, -0.1) is 0 Å². The smallest absolute Gasteiger partial charge is 0.254 e. The Balaban J connectivity index is 1.51. The molecule has 0 spiro atoms. The Bertz CT molecular complexity index is 1200. The molecular formula is C25H30BrN5O3. The zero-order valence-corrected chi connectivity index (χ0v) is 21.6. The maximum absolute atomic E-state index is 13.1. The van der Waals surface area contributed by atoms with Gasteiger partial charge in [0.25, 0.3) is 11.8 Å². The third-order valence-corrected chi connectivity index (χ3v) is 7.04. The van der Waals surface area contributed by atoms with Crippen LogP contribution in [0, 0.1) is 11.8 Å². The van der Waals surface area contributed by atoms with Crippen LogP contribution in [0.3, 0.4) is 0 Å². The summed E-state index contributed by atoms with van der Waals surface area (Å²) in [6.07, 6.45) is 5.24. The molecule has 1 fully saturated rings. The molecule has 8 nitrogen and oxygen atoms in total. The third kappa shape index (κ3) is 4.85. The van der Waals surface area contributed by atoms with Crippen LogP contribution in [0.2, 0.25) is 0 Å². The summed E-state index contributed by atoms with van der Waals surface area (Å²) < 4.78 is 2.76. The minimum atomic E-state index is -0.447. The monoisotopic (exact) mass is 527 g/mol. The maximum Gasteiger partial charge on any atom is 0.254 e. The number of rotatable bonds is 5. The van der Waals surface area contributed by atoms with Crippen molar-refractivity contribution in [1.29, 1.82) is 0 Å². The van der Waals surface area contributed by atoms with Crippen LogP contribution in [0.1, 0.15) is 56.9 Å². The van der Waals surface area contributed by atoms with E-state index in [0.29, 0.717) is 24.4 Å². The lowest BCUT2D eigenvalue weighted by Crippen LogP contribution is -2.41. The van der Waals surface area contributed by atoms with Gasteiger partial charge in [0.1, 0.15) is 0 Å². The third-order valence-electron chi connectivity index (χ3n) is 6.58. The fraction of sp³-hybridized carbons (Fsp3) is 0.480. The van der Waals surface area contributed by atoms with Gasteiger partial charge in [-0.1, -0.05) is 35.4 Å². The van der Waals surface area contributed by atoms with Crippen LogP contribution in [-0.2, 0) is 9.59 Å². The van der Waals surface area contributed by atoms with Crippen molar-refractivity contribution in [2.75, 3.05) is 19.6 Å². The first kappa shape index (κ1) is 24.3. The van der Waals surface area contributed by atoms with Gasteiger partial charge in [0.15, 0.2) is 0 Å². The number of benzene rings is 1. The van der Waals surface area contributed by atoms with E-state index < -0.39 is 5.92 Å². The van der Waals surface area contributed by atoms with Crippen LogP contribution in [0.25, 0.3) is 10.9 Å². The Morgan fingerprint density at radius 1 is 1.21 bits per heavy atom. The molecule has 2 aromatic rings. The van der Waals surface area contributed by atoms with Gasteiger partial charge in [0.05, 0.1) is 29.2 Å². The number of hydrogen-bond acceptors (Lipinski definition) is 4.